The number of aryl methyl sites for hydroxylation is 2. The molecule has 2 unspecified atom stereocenters. The summed E-state index contributed by atoms with van der Waals surface area (Å²) in [6, 6.07) is 10.6. The zero-order chi connectivity index (χ0) is 21.5. The van der Waals surface area contributed by atoms with E-state index in [0.717, 1.165) is 34.3 Å². The van der Waals surface area contributed by atoms with E-state index in [1.807, 2.05) is 38.1 Å². The van der Waals surface area contributed by atoms with Crippen LogP contribution in [0.2, 0.25) is 5.02 Å². The second kappa shape index (κ2) is 8.32. The molecule has 2 atom stereocenters. The van der Waals surface area contributed by atoms with Crippen molar-refractivity contribution in [1.29, 1.82) is 0 Å². The number of hydrogen-bond donors (Lipinski definition) is 2. The molecule has 1 saturated heterocycles. The molecule has 3 aromatic rings. The van der Waals surface area contributed by atoms with E-state index in [1.54, 1.807) is 6.07 Å². The lowest BCUT2D eigenvalue weighted by atomic mass is 9.88. The summed E-state index contributed by atoms with van der Waals surface area (Å²) < 4.78 is 45.2. The fourth-order valence-electron chi connectivity index (χ4n) is 4.08. The van der Waals surface area contributed by atoms with Gasteiger partial charge >= 0.3 is 0 Å². The Morgan fingerprint density at radius 2 is 2.03 bits per heavy atom. The van der Waals surface area contributed by atoms with E-state index in [1.165, 1.54) is 6.07 Å². The van der Waals surface area contributed by atoms with Crippen LogP contribution in [0.15, 0.2) is 45.7 Å². The molecule has 30 heavy (non-hydrogen) atoms. The normalized spacial score (nSPS) is 20.0. The Kier molecular flexibility index (Phi) is 5.92. The highest BCUT2D eigenvalue weighted by molar-refractivity contribution is 7.85. The summed E-state index contributed by atoms with van der Waals surface area (Å²) >= 11 is 6.26. The topological polar surface area (TPSA) is 88.8 Å². The van der Waals surface area contributed by atoms with E-state index in [9.17, 15) is 13.0 Å². The number of rotatable bonds is 5. The quantitative estimate of drug-likeness (QED) is 0.535. The van der Waals surface area contributed by atoms with Crippen LogP contribution in [0.25, 0.3) is 11.0 Å². The van der Waals surface area contributed by atoms with Crippen LogP contribution in [0.4, 0.5) is 0 Å². The first-order valence-electron chi connectivity index (χ1n) is 9.83. The minimum atomic E-state index is -4.28. The van der Waals surface area contributed by atoms with Crippen LogP contribution >= 0.6 is 11.6 Å². The van der Waals surface area contributed by atoms with Crippen LogP contribution < -0.4 is 5.32 Å². The Morgan fingerprint density at radius 1 is 1.23 bits per heavy atom. The van der Waals surface area contributed by atoms with Crippen molar-refractivity contribution in [3.05, 3.63) is 63.9 Å². The average molecular weight is 450 g/mol. The number of furan rings is 1. The monoisotopic (exact) mass is 449 g/mol. The van der Waals surface area contributed by atoms with Gasteiger partial charge in [0.25, 0.3) is 10.1 Å². The van der Waals surface area contributed by atoms with Gasteiger partial charge in [0.2, 0.25) is 0 Å². The molecule has 0 spiro atoms. The lowest BCUT2D eigenvalue weighted by Gasteiger charge is -2.31. The molecule has 1 aliphatic heterocycles. The van der Waals surface area contributed by atoms with E-state index in [0.29, 0.717) is 30.2 Å². The summed E-state index contributed by atoms with van der Waals surface area (Å²) in [4.78, 5) is -0.0239. The maximum absolute atomic E-state index is 11.8. The second-order valence-electron chi connectivity index (χ2n) is 7.80. The van der Waals surface area contributed by atoms with Gasteiger partial charge in [0, 0.05) is 10.9 Å². The molecule has 1 aliphatic rings. The summed E-state index contributed by atoms with van der Waals surface area (Å²) in [5.74, 6) is 0.747. The van der Waals surface area contributed by atoms with Crippen LogP contribution in [0.5, 0.6) is 0 Å². The van der Waals surface area contributed by atoms with Crippen LogP contribution in [-0.4, -0.2) is 25.7 Å². The van der Waals surface area contributed by atoms with Crippen molar-refractivity contribution in [3.63, 3.8) is 0 Å². The molecule has 0 radical (unpaired) electrons. The average Bonchev–Trinajstić information content (AvgIpc) is 3.09. The highest BCUT2D eigenvalue weighted by Crippen LogP contribution is 2.34. The SMILES string of the molecule is Cc1ccc(S(=O)(=O)O)c(C2CCNC(OCc3ccc(Cl)c4cc(C)oc34)C2)c1. The molecular weight excluding hydrogens is 426 g/mol. The van der Waals surface area contributed by atoms with E-state index in [2.05, 4.69) is 5.32 Å². The molecule has 160 valence electrons. The molecule has 2 heterocycles. The molecule has 0 saturated carbocycles. The molecule has 4 rings (SSSR count). The minimum Gasteiger partial charge on any atom is -0.461 e. The highest BCUT2D eigenvalue weighted by Gasteiger charge is 2.28. The number of halogens is 1. The van der Waals surface area contributed by atoms with Crippen molar-refractivity contribution in [2.75, 3.05) is 6.54 Å². The Balaban J connectivity index is 1.52. The van der Waals surface area contributed by atoms with Crippen molar-refractivity contribution < 1.29 is 22.1 Å². The standard InChI is InChI=1S/C22H24ClNO5S/c1-13-3-6-20(30(25,26)27)17(9-13)15-7-8-24-21(11-15)28-12-16-4-5-19(23)18-10-14(2)29-22(16)18/h3-6,9-10,15,21,24H,7-8,11-12H2,1-2H3,(H,25,26,27). The number of ether oxygens (including phenoxy) is 1. The first kappa shape index (κ1) is 21.3. The predicted octanol–water partition coefficient (Wildman–Crippen LogP) is 4.96. The lowest BCUT2D eigenvalue weighted by molar-refractivity contribution is -0.00405. The Bertz CT molecular complexity index is 1190. The summed E-state index contributed by atoms with van der Waals surface area (Å²) in [6.45, 7) is 4.81. The third-order valence-corrected chi connectivity index (χ3v) is 6.78. The third kappa shape index (κ3) is 4.40. The molecule has 2 aromatic carbocycles. The van der Waals surface area contributed by atoms with Crippen molar-refractivity contribution in [3.8, 4) is 0 Å². The molecule has 1 aromatic heterocycles. The number of hydrogen-bond acceptors (Lipinski definition) is 5. The Labute approximate surface area is 180 Å². The van der Waals surface area contributed by atoms with E-state index < -0.39 is 10.1 Å². The molecule has 0 amide bonds. The van der Waals surface area contributed by atoms with Crippen LogP contribution in [0, 0.1) is 13.8 Å². The smallest absolute Gasteiger partial charge is 0.294 e. The number of benzene rings is 2. The lowest BCUT2D eigenvalue weighted by Crippen LogP contribution is -2.39. The van der Waals surface area contributed by atoms with Gasteiger partial charge in [-0.2, -0.15) is 8.42 Å². The van der Waals surface area contributed by atoms with Gasteiger partial charge in [-0.3, -0.25) is 9.87 Å². The van der Waals surface area contributed by atoms with Gasteiger partial charge in [0.1, 0.15) is 17.6 Å². The van der Waals surface area contributed by atoms with Gasteiger partial charge in [0.05, 0.1) is 16.5 Å². The van der Waals surface area contributed by atoms with Crippen molar-refractivity contribution >= 4 is 32.7 Å². The molecule has 8 heteroatoms. The maximum Gasteiger partial charge on any atom is 0.294 e. The summed E-state index contributed by atoms with van der Waals surface area (Å²) in [5, 5.41) is 4.84. The molecule has 2 N–H and O–H groups in total. The minimum absolute atomic E-state index is 0.0239. The second-order valence-corrected chi connectivity index (χ2v) is 9.59. The molecule has 0 aliphatic carbocycles. The zero-order valence-corrected chi connectivity index (χ0v) is 18.4. The van der Waals surface area contributed by atoms with E-state index in [-0.39, 0.29) is 17.0 Å². The highest BCUT2D eigenvalue weighted by atomic mass is 35.5. The van der Waals surface area contributed by atoms with Crippen molar-refractivity contribution in [2.45, 2.75) is 50.3 Å². The van der Waals surface area contributed by atoms with Crippen LogP contribution in [0.3, 0.4) is 0 Å². The first-order chi connectivity index (χ1) is 14.2. The van der Waals surface area contributed by atoms with Gasteiger partial charge in [-0.15, -0.1) is 0 Å². The van der Waals surface area contributed by atoms with Crippen molar-refractivity contribution in [1.82, 2.24) is 5.32 Å². The van der Waals surface area contributed by atoms with Crippen molar-refractivity contribution in [2.24, 2.45) is 0 Å². The zero-order valence-electron chi connectivity index (χ0n) is 16.8. The first-order valence-corrected chi connectivity index (χ1v) is 11.6. The van der Waals surface area contributed by atoms with Crippen LogP contribution in [-0.2, 0) is 21.5 Å². The Hall–Kier alpha value is -1.90. The summed E-state index contributed by atoms with van der Waals surface area (Å²) in [7, 11) is -4.28. The van der Waals surface area contributed by atoms with Gasteiger partial charge in [-0.25, -0.2) is 0 Å². The van der Waals surface area contributed by atoms with Gasteiger partial charge in [0.15, 0.2) is 0 Å². The molecule has 0 bridgehead atoms. The number of fused-ring (bicyclic) bond motifs is 1. The van der Waals surface area contributed by atoms with E-state index >= 15 is 0 Å². The van der Waals surface area contributed by atoms with E-state index in [4.69, 9.17) is 20.8 Å². The third-order valence-electron chi connectivity index (χ3n) is 5.52. The maximum atomic E-state index is 11.8. The number of piperidine rings is 1. The molecular formula is C22H24ClNO5S. The van der Waals surface area contributed by atoms with Gasteiger partial charge < -0.3 is 9.15 Å². The predicted molar refractivity (Wildman–Crippen MR) is 116 cm³/mol. The summed E-state index contributed by atoms with van der Waals surface area (Å²) in [5.41, 5.74) is 3.22. The fourth-order valence-corrected chi connectivity index (χ4v) is 5.05. The molecule has 1 fully saturated rings. The largest absolute Gasteiger partial charge is 0.461 e. The van der Waals surface area contributed by atoms with Gasteiger partial charge in [-0.1, -0.05) is 35.4 Å². The van der Waals surface area contributed by atoms with Gasteiger partial charge in [-0.05, 0) is 62.9 Å². The van der Waals surface area contributed by atoms with Crippen LogP contribution in [0.1, 0.15) is 41.2 Å². The number of nitrogens with one attached hydrogen (secondary N) is 1. The summed E-state index contributed by atoms with van der Waals surface area (Å²) in [6.07, 6.45) is 1.11. The fraction of sp³-hybridized carbons (Fsp3) is 0.364. The molecule has 6 nitrogen and oxygen atoms in total. The Morgan fingerprint density at radius 3 is 2.80 bits per heavy atom.